The molecule has 1 N–H and O–H groups in total. The first kappa shape index (κ1) is 17.8. The van der Waals surface area contributed by atoms with Gasteiger partial charge in [0.1, 0.15) is 0 Å². The monoisotopic (exact) mass is 345 g/mol. The Labute approximate surface area is 137 Å². The highest BCUT2D eigenvalue weighted by Gasteiger charge is 2.30. The van der Waals surface area contributed by atoms with E-state index in [9.17, 15) is 22.8 Å². The highest BCUT2D eigenvalue weighted by Crippen LogP contribution is 2.31. The van der Waals surface area contributed by atoms with Crippen molar-refractivity contribution in [2.24, 2.45) is 5.92 Å². The second kappa shape index (κ2) is 7.86. The standard InChI is InChI=1S/C16H18F3NO2S/c17-16(18,19)12-7-4-8-13(9-12)23-10-14(21)20-15(22)11-5-2-1-3-6-11/h4,7-9,11H,1-3,5-6,10H2,(H,20,21,22). The minimum absolute atomic E-state index is 0.0836. The van der Waals surface area contributed by atoms with Gasteiger partial charge in [0, 0.05) is 10.8 Å². The van der Waals surface area contributed by atoms with E-state index in [-0.39, 0.29) is 17.6 Å². The van der Waals surface area contributed by atoms with Crippen molar-refractivity contribution in [2.75, 3.05) is 5.75 Å². The summed E-state index contributed by atoms with van der Waals surface area (Å²) in [6, 6.07) is 4.80. The molecule has 1 aliphatic carbocycles. The van der Waals surface area contributed by atoms with Gasteiger partial charge in [-0.1, -0.05) is 25.3 Å². The summed E-state index contributed by atoms with van der Waals surface area (Å²) >= 11 is 0.983. The first-order chi connectivity index (χ1) is 10.9. The second-order valence-electron chi connectivity index (χ2n) is 5.56. The second-order valence-corrected chi connectivity index (χ2v) is 6.61. The highest BCUT2D eigenvalue weighted by atomic mass is 32.2. The summed E-state index contributed by atoms with van der Waals surface area (Å²) < 4.78 is 37.8. The van der Waals surface area contributed by atoms with E-state index in [0.29, 0.717) is 4.90 Å². The molecular formula is C16H18F3NO2S. The maximum absolute atomic E-state index is 12.6. The fourth-order valence-corrected chi connectivity index (χ4v) is 3.31. The molecule has 0 saturated heterocycles. The number of thioether (sulfide) groups is 1. The molecule has 23 heavy (non-hydrogen) atoms. The predicted molar refractivity (Wildman–Crippen MR) is 81.9 cm³/mol. The van der Waals surface area contributed by atoms with Crippen molar-refractivity contribution in [1.82, 2.24) is 5.32 Å². The Balaban J connectivity index is 1.83. The minimum atomic E-state index is -4.41. The predicted octanol–water partition coefficient (Wildman–Crippen LogP) is 4.02. The summed E-state index contributed by atoms with van der Waals surface area (Å²) in [6.45, 7) is 0. The van der Waals surface area contributed by atoms with E-state index in [1.807, 2.05) is 0 Å². The smallest absolute Gasteiger partial charge is 0.295 e. The van der Waals surface area contributed by atoms with Crippen molar-refractivity contribution in [3.63, 3.8) is 0 Å². The van der Waals surface area contributed by atoms with Crippen LogP contribution in [0.4, 0.5) is 13.2 Å². The number of hydrogen-bond acceptors (Lipinski definition) is 3. The number of rotatable bonds is 4. The lowest BCUT2D eigenvalue weighted by Gasteiger charge is -2.20. The number of nitrogens with one attached hydrogen (secondary N) is 1. The maximum Gasteiger partial charge on any atom is 0.416 e. The Hall–Kier alpha value is -1.50. The zero-order chi connectivity index (χ0) is 16.9. The summed E-state index contributed by atoms with van der Waals surface area (Å²) in [6.07, 6.45) is 0.273. The summed E-state index contributed by atoms with van der Waals surface area (Å²) in [4.78, 5) is 24.0. The van der Waals surface area contributed by atoms with E-state index in [0.717, 1.165) is 56.0 Å². The molecule has 1 aliphatic rings. The van der Waals surface area contributed by atoms with Crippen molar-refractivity contribution in [3.05, 3.63) is 29.8 Å². The third-order valence-corrected chi connectivity index (χ3v) is 4.76. The van der Waals surface area contributed by atoms with Crippen LogP contribution in [0.2, 0.25) is 0 Å². The first-order valence-corrected chi connectivity index (χ1v) is 8.48. The lowest BCUT2D eigenvalue weighted by atomic mass is 9.89. The molecule has 0 unspecified atom stereocenters. The highest BCUT2D eigenvalue weighted by molar-refractivity contribution is 8.00. The zero-order valence-corrected chi connectivity index (χ0v) is 13.3. The van der Waals surface area contributed by atoms with Gasteiger partial charge in [0.15, 0.2) is 0 Å². The molecule has 2 rings (SSSR count). The van der Waals surface area contributed by atoms with Crippen molar-refractivity contribution in [3.8, 4) is 0 Å². The van der Waals surface area contributed by atoms with E-state index in [2.05, 4.69) is 5.32 Å². The molecule has 0 bridgehead atoms. The van der Waals surface area contributed by atoms with Gasteiger partial charge in [0.05, 0.1) is 11.3 Å². The summed E-state index contributed by atoms with van der Waals surface area (Å²) in [7, 11) is 0. The Morgan fingerprint density at radius 3 is 2.52 bits per heavy atom. The van der Waals surface area contributed by atoms with Gasteiger partial charge in [-0.25, -0.2) is 0 Å². The van der Waals surface area contributed by atoms with Gasteiger partial charge in [-0.05, 0) is 31.0 Å². The average molecular weight is 345 g/mol. The van der Waals surface area contributed by atoms with Gasteiger partial charge >= 0.3 is 6.18 Å². The molecule has 0 aliphatic heterocycles. The van der Waals surface area contributed by atoms with Crippen LogP contribution in [0.3, 0.4) is 0 Å². The van der Waals surface area contributed by atoms with Crippen LogP contribution in [-0.4, -0.2) is 17.6 Å². The lowest BCUT2D eigenvalue weighted by Crippen LogP contribution is -2.37. The Kier molecular flexibility index (Phi) is 6.10. The zero-order valence-electron chi connectivity index (χ0n) is 12.5. The minimum Gasteiger partial charge on any atom is -0.295 e. The molecule has 0 spiro atoms. The van der Waals surface area contributed by atoms with Crippen molar-refractivity contribution in [2.45, 2.75) is 43.2 Å². The van der Waals surface area contributed by atoms with Gasteiger partial charge in [-0.3, -0.25) is 14.9 Å². The first-order valence-electron chi connectivity index (χ1n) is 7.50. The number of carbonyl (C=O) groups excluding carboxylic acids is 2. The molecule has 1 aromatic rings. The topological polar surface area (TPSA) is 46.2 Å². The molecule has 7 heteroatoms. The normalized spacial score (nSPS) is 16.1. The number of benzene rings is 1. The molecule has 1 saturated carbocycles. The molecule has 0 aromatic heterocycles. The van der Waals surface area contributed by atoms with E-state index in [1.165, 1.54) is 12.1 Å². The fraction of sp³-hybridized carbons (Fsp3) is 0.500. The van der Waals surface area contributed by atoms with E-state index in [1.54, 1.807) is 0 Å². The molecule has 0 heterocycles. The fourth-order valence-electron chi connectivity index (χ4n) is 2.55. The van der Waals surface area contributed by atoms with E-state index in [4.69, 9.17) is 0 Å². The van der Waals surface area contributed by atoms with Crippen LogP contribution in [-0.2, 0) is 15.8 Å². The molecule has 0 radical (unpaired) electrons. The number of amides is 2. The summed E-state index contributed by atoms with van der Waals surface area (Å²) in [5, 5.41) is 2.34. The van der Waals surface area contributed by atoms with Crippen LogP contribution < -0.4 is 5.32 Å². The number of carbonyl (C=O) groups is 2. The Morgan fingerprint density at radius 1 is 1.17 bits per heavy atom. The number of alkyl halides is 3. The maximum atomic E-state index is 12.6. The SMILES string of the molecule is O=C(CSc1cccc(C(F)(F)F)c1)NC(=O)C1CCCCC1. The quantitative estimate of drug-likeness (QED) is 0.839. The average Bonchev–Trinajstić information content (AvgIpc) is 2.53. The number of hydrogen-bond donors (Lipinski definition) is 1. The molecule has 2 amide bonds. The van der Waals surface area contributed by atoms with Crippen molar-refractivity contribution in [1.29, 1.82) is 0 Å². The van der Waals surface area contributed by atoms with Crippen LogP contribution in [0, 0.1) is 5.92 Å². The van der Waals surface area contributed by atoms with Gasteiger partial charge in [0.25, 0.3) is 0 Å². The van der Waals surface area contributed by atoms with Gasteiger partial charge in [-0.2, -0.15) is 13.2 Å². The largest absolute Gasteiger partial charge is 0.416 e. The van der Waals surface area contributed by atoms with Crippen LogP contribution in [0.15, 0.2) is 29.2 Å². The number of imide groups is 1. The van der Waals surface area contributed by atoms with Crippen LogP contribution >= 0.6 is 11.8 Å². The van der Waals surface area contributed by atoms with Crippen LogP contribution in [0.25, 0.3) is 0 Å². The third kappa shape index (κ3) is 5.57. The lowest BCUT2D eigenvalue weighted by molar-refractivity contribution is -0.137. The number of halogens is 3. The molecule has 126 valence electrons. The molecule has 1 fully saturated rings. The van der Waals surface area contributed by atoms with Crippen LogP contribution in [0.5, 0.6) is 0 Å². The summed E-state index contributed by atoms with van der Waals surface area (Å²) in [5.74, 6) is -0.937. The van der Waals surface area contributed by atoms with Crippen molar-refractivity contribution < 1.29 is 22.8 Å². The van der Waals surface area contributed by atoms with E-state index < -0.39 is 17.6 Å². The molecule has 3 nitrogen and oxygen atoms in total. The van der Waals surface area contributed by atoms with E-state index >= 15 is 0 Å². The van der Waals surface area contributed by atoms with Crippen molar-refractivity contribution >= 4 is 23.6 Å². The molecular weight excluding hydrogens is 327 g/mol. The molecule has 0 atom stereocenters. The van der Waals surface area contributed by atoms with Gasteiger partial charge in [-0.15, -0.1) is 11.8 Å². The third-order valence-electron chi connectivity index (χ3n) is 3.77. The molecule has 1 aromatic carbocycles. The van der Waals surface area contributed by atoms with Crippen LogP contribution in [0.1, 0.15) is 37.7 Å². The van der Waals surface area contributed by atoms with Gasteiger partial charge < -0.3 is 0 Å². The van der Waals surface area contributed by atoms with Gasteiger partial charge in [0.2, 0.25) is 11.8 Å². The summed E-state index contributed by atoms with van der Waals surface area (Å²) in [5.41, 5.74) is -0.749. The Bertz CT molecular complexity index is 569. The Morgan fingerprint density at radius 2 is 1.87 bits per heavy atom.